The van der Waals surface area contributed by atoms with Crippen LogP contribution in [0.1, 0.15) is 5.76 Å². The lowest BCUT2D eigenvalue weighted by Gasteiger charge is -2.15. The minimum absolute atomic E-state index is 0.0202. The van der Waals surface area contributed by atoms with Gasteiger partial charge in [0.15, 0.2) is 11.2 Å². The predicted molar refractivity (Wildman–Crippen MR) is 140 cm³/mol. The Kier molecular flexibility index (Phi) is 7.95. The summed E-state index contributed by atoms with van der Waals surface area (Å²) in [5.74, 6) is 0.196. The number of rotatable bonds is 10. The topological polar surface area (TPSA) is 183 Å². The van der Waals surface area contributed by atoms with Gasteiger partial charge < -0.3 is 18.8 Å². The van der Waals surface area contributed by atoms with Crippen LogP contribution in [0.2, 0.25) is 10.0 Å². The van der Waals surface area contributed by atoms with Crippen LogP contribution in [0.25, 0.3) is 17.2 Å². The van der Waals surface area contributed by atoms with Gasteiger partial charge in [0.05, 0.1) is 17.6 Å². The first-order chi connectivity index (χ1) is 18.1. The van der Waals surface area contributed by atoms with E-state index in [2.05, 4.69) is 20.5 Å². The number of nitrogens with one attached hydrogen (secondary N) is 2. The quantitative estimate of drug-likeness (QED) is 0.148. The molecule has 0 aliphatic heterocycles. The van der Waals surface area contributed by atoms with E-state index in [4.69, 9.17) is 32.4 Å². The van der Waals surface area contributed by atoms with Crippen LogP contribution in [0.3, 0.4) is 0 Å². The number of halogens is 2. The molecule has 198 valence electrons. The number of fused-ring (bicyclic) bond motifs is 1. The van der Waals surface area contributed by atoms with Crippen molar-refractivity contribution in [3.05, 3.63) is 83.2 Å². The van der Waals surface area contributed by atoms with E-state index in [-0.39, 0.29) is 41.0 Å². The Morgan fingerprint density at radius 2 is 2.13 bits per heavy atom. The molecule has 0 radical (unpaired) electrons. The number of aryl methyl sites for hydroxylation is 1. The summed E-state index contributed by atoms with van der Waals surface area (Å²) >= 11 is 12.0. The van der Waals surface area contributed by atoms with Crippen LogP contribution in [-0.2, 0) is 13.6 Å². The summed E-state index contributed by atoms with van der Waals surface area (Å²) in [5, 5.41) is 26.0. The average molecular weight is 564 g/mol. The zero-order valence-electron chi connectivity index (χ0n) is 19.5. The van der Waals surface area contributed by atoms with Crippen LogP contribution in [0.5, 0.6) is 5.75 Å². The molecule has 0 saturated heterocycles. The summed E-state index contributed by atoms with van der Waals surface area (Å²) in [4.78, 5) is 41.2. The maximum atomic E-state index is 12.6. The molecular formula is C22H19Cl2N7O7. The number of ether oxygens (including phenoxy) is 1. The molecule has 0 saturated carbocycles. The molecule has 3 aromatic heterocycles. The van der Waals surface area contributed by atoms with Crippen LogP contribution in [0.4, 0.5) is 11.8 Å². The van der Waals surface area contributed by atoms with Gasteiger partial charge in [-0.05, 0) is 36.4 Å². The summed E-state index contributed by atoms with van der Waals surface area (Å²) in [6.07, 6.45) is 3.07. The Hall–Kier alpha value is -4.40. The van der Waals surface area contributed by atoms with Crippen molar-refractivity contribution < 1.29 is 19.2 Å². The number of hydrogen-bond acceptors (Lipinski definition) is 10. The van der Waals surface area contributed by atoms with Crippen molar-refractivity contribution in [1.29, 1.82) is 0 Å². The molecule has 16 heteroatoms. The van der Waals surface area contributed by atoms with Gasteiger partial charge in [-0.25, -0.2) is 10.2 Å². The zero-order valence-corrected chi connectivity index (χ0v) is 21.0. The first kappa shape index (κ1) is 26.7. The Balaban J connectivity index is 1.54. The van der Waals surface area contributed by atoms with Crippen molar-refractivity contribution in [3.8, 4) is 5.75 Å². The second kappa shape index (κ2) is 11.3. The number of hydrogen-bond donors (Lipinski definition) is 3. The molecule has 0 bridgehead atoms. The Morgan fingerprint density at radius 3 is 2.84 bits per heavy atom. The molecule has 3 heterocycles. The maximum absolute atomic E-state index is 12.6. The third-order valence-corrected chi connectivity index (χ3v) is 5.63. The van der Waals surface area contributed by atoms with Crippen LogP contribution in [0, 0.1) is 10.1 Å². The molecule has 38 heavy (non-hydrogen) atoms. The van der Waals surface area contributed by atoms with Crippen LogP contribution in [0.15, 0.2) is 55.5 Å². The molecule has 1 unspecified atom stereocenters. The number of benzene rings is 1. The standard InChI is InChI=1S/C22H19Cl2N7O7/c1-29-19-18(20(33)27-22(29)34)30(10-13(32)11-37-16-6-4-12(23)9-15(16)24)21(26-19)28-25-8-2-3-14-5-7-17(38-14)31(35)36/h2-9,13,32H,10-11H2,1H3,(H,26,28)(H,27,33,34)/b3-2+,25-8-. The molecule has 1 atom stereocenters. The Labute approximate surface area is 222 Å². The molecule has 1 aromatic carbocycles. The van der Waals surface area contributed by atoms with Crippen molar-refractivity contribution >= 4 is 58.5 Å². The van der Waals surface area contributed by atoms with Gasteiger partial charge in [-0.2, -0.15) is 10.1 Å². The summed E-state index contributed by atoms with van der Waals surface area (Å²) in [7, 11) is 1.43. The fourth-order valence-corrected chi connectivity index (χ4v) is 3.81. The lowest BCUT2D eigenvalue weighted by atomic mass is 10.3. The summed E-state index contributed by atoms with van der Waals surface area (Å²) in [6.45, 7) is -0.349. The highest BCUT2D eigenvalue weighted by Gasteiger charge is 2.20. The maximum Gasteiger partial charge on any atom is 0.433 e. The number of aliphatic hydroxyl groups excluding tert-OH is 1. The zero-order chi connectivity index (χ0) is 27.4. The molecule has 0 aliphatic rings. The van der Waals surface area contributed by atoms with Gasteiger partial charge in [0, 0.05) is 18.3 Å². The molecule has 0 fully saturated rings. The number of aromatic nitrogens is 4. The molecule has 0 amide bonds. The smallest absolute Gasteiger partial charge is 0.433 e. The molecule has 14 nitrogen and oxygen atoms in total. The first-order valence-electron chi connectivity index (χ1n) is 10.8. The van der Waals surface area contributed by atoms with E-state index < -0.39 is 28.2 Å². The minimum atomic E-state index is -1.13. The number of H-pyrrole nitrogens is 1. The number of imidazole rings is 1. The number of hydrazone groups is 1. The second-order valence-corrected chi connectivity index (χ2v) is 8.60. The summed E-state index contributed by atoms with van der Waals surface area (Å²) < 4.78 is 13.1. The number of allylic oxidation sites excluding steroid dienone is 1. The Morgan fingerprint density at radius 1 is 1.34 bits per heavy atom. The van der Waals surface area contributed by atoms with Gasteiger partial charge in [0.25, 0.3) is 5.56 Å². The fraction of sp³-hybridized carbons (Fsp3) is 0.182. The monoisotopic (exact) mass is 563 g/mol. The molecule has 4 rings (SSSR count). The molecule has 4 aromatic rings. The Bertz CT molecular complexity index is 1670. The highest BCUT2D eigenvalue weighted by molar-refractivity contribution is 6.35. The van der Waals surface area contributed by atoms with Gasteiger partial charge >= 0.3 is 11.6 Å². The second-order valence-electron chi connectivity index (χ2n) is 7.76. The van der Waals surface area contributed by atoms with Crippen molar-refractivity contribution in [2.75, 3.05) is 12.0 Å². The van der Waals surface area contributed by atoms with E-state index in [9.17, 15) is 24.8 Å². The van der Waals surface area contributed by atoms with Crippen molar-refractivity contribution in [2.45, 2.75) is 12.6 Å². The third-order valence-electron chi connectivity index (χ3n) is 5.10. The molecule has 0 aliphatic carbocycles. The van der Waals surface area contributed by atoms with E-state index in [1.807, 2.05) is 0 Å². The largest absolute Gasteiger partial charge is 0.489 e. The minimum Gasteiger partial charge on any atom is -0.489 e. The SMILES string of the molecule is Cn1c(=O)[nH]c(=O)c2c1nc(N/N=C\C=C\c1ccc([N+](=O)[O-])o1)n2CC(O)COc1ccc(Cl)cc1Cl. The van der Waals surface area contributed by atoms with Gasteiger partial charge in [-0.3, -0.25) is 24.5 Å². The van der Waals surface area contributed by atoms with Gasteiger partial charge in [-0.15, -0.1) is 0 Å². The molecule has 0 spiro atoms. The highest BCUT2D eigenvalue weighted by Crippen LogP contribution is 2.27. The van der Waals surface area contributed by atoms with E-state index in [1.165, 1.54) is 48.2 Å². The first-order valence-corrected chi connectivity index (χ1v) is 11.5. The lowest BCUT2D eigenvalue weighted by Crippen LogP contribution is -2.30. The molecular weight excluding hydrogens is 545 g/mol. The van der Waals surface area contributed by atoms with E-state index >= 15 is 0 Å². The van der Waals surface area contributed by atoms with Crippen molar-refractivity contribution in [1.82, 2.24) is 19.1 Å². The van der Waals surface area contributed by atoms with Crippen LogP contribution >= 0.6 is 23.2 Å². The average Bonchev–Trinajstić information content (AvgIpc) is 3.48. The highest BCUT2D eigenvalue weighted by atomic mass is 35.5. The number of nitrogens with zero attached hydrogens (tertiary/aromatic N) is 5. The molecule has 3 N–H and O–H groups in total. The third kappa shape index (κ3) is 5.94. The van der Waals surface area contributed by atoms with Crippen molar-refractivity contribution in [2.24, 2.45) is 12.1 Å². The number of anilines is 1. The fourth-order valence-electron chi connectivity index (χ4n) is 3.35. The summed E-state index contributed by atoms with van der Waals surface area (Å²) in [5.41, 5.74) is 1.36. The number of furan rings is 1. The summed E-state index contributed by atoms with van der Waals surface area (Å²) in [6, 6.07) is 7.27. The van der Waals surface area contributed by atoms with Gasteiger partial charge in [-0.1, -0.05) is 23.2 Å². The normalized spacial score (nSPS) is 12.5. The van der Waals surface area contributed by atoms with Crippen LogP contribution < -0.4 is 21.4 Å². The van der Waals surface area contributed by atoms with Crippen molar-refractivity contribution in [3.63, 3.8) is 0 Å². The van der Waals surface area contributed by atoms with E-state index in [1.54, 1.807) is 12.1 Å². The lowest BCUT2D eigenvalue weighted by molar-refractivity contribution is -0.402. The predicted octanol–water partition coefficient (Wildman–Crippen LogP) is 2.78. The van der Waals surface area contributed by atoms with E-state index in [0.29, 0.717) is 10.8 Å². The van der Waals surface area contributed by atoms with Crippen LogP contribution in [-0.4, -0.2) is 48.1 Å². The van der Waals surface area contributed by atoms with Gasteiger partial charge in [0.2, 0.25) is 5.95 Å². The van der Waals surface area contributed by atoms with E-state index in [0.717, 1.165) is 4.57 Å². The number of aliphatic hydroxyl groups is 1. The number of aromatic amines is 1. The number of nitro groups is 1. The van der Waals surface area contributed by atoms with Gasteiger partial charge in [0.1, 0.15) is 29.1 Å².